The van der Waals surface area contributed by atoms with Crippen molar-refractivity contribution in [2.24, 2.45) is 22.7 Å². The van der Waals surface area contributed by atoms with E-state index in [1.807, 2.05) is 7.28 Å². The van der Waals surface area contributed by atoms with Gasteiger partial charge in [-0.25, -0.2) is 0 Å². The van der Waals surface area contributed by atoms with Gasteiger partial charge in [0.2, 0.25) is 7.28 Å². The highest BCUT2D eigenvalue weighted by molar-refractivity contribution is 6.74. The van der Waals surface area contributed by atoms with Gasteiger partial charge in [-0.1, -0.05) is 67.6 Å². The molecule has 0 aliphatic heterocycles. The van der Waals surface area contributed by atoms with Crippen molar-refractivity contribution in [2.45, 2.75) is 68.1 Å². The van der Waals surface area contributed by atoms with Crippen molar-refractivity contribution in [2.75, 3.05) is 0 Å². The van der Waals surface area contributed by atoms with Crippen LogP contribution in [0.15, 0.2) is 0 Å². The molecule has 17 heavy (non-hydrogen) atoms. The third kappa shape index (κ3) is 7.62. The monoisotopic (exact) mass is 237 g/mol. The minimum atomic E-state index is 0.0534. The molecule has 1 nitrogen and oxygen atoms in total. The Bertz CT molecular complexity index is 243. The number of hydrogen-bond donors (Lipinski definition) is 0. The Morgan fingerprint density at radius 1 is 1.06 bits per heavy atom. The molecule has 0 saturated carbocycles. The van der Waals surface area contributed by atoms with E-state index in [0.717, 1.165) is 12.7 Å². The summed E-state index contributed by atoms with van der Waals surface area (Å²) in [6.45, 7) is 17.4. The first-order valence-corrected chi connectivity index (χ1v) is 6.80. The van der Waals surface area contributed by atoms with Gasteiger partial charge in [0.15, 0.2) is 0 Å². The summed E-state index contributed by atoms with van der Waals surface area (Å²) in [5.74, 6) is 0.704. The Morgan fingerprint density at radius 3 is 1.82 bits per heavy atom. The second-order valence-electron chi connectivity index (χ2n) is 7.92. The molecule has 0 aromatic heterocycles. The molecule has 0 aliphatic rings. The van der Waals surface area contributed by atoms with Crippen LogP contribution in [0.1, 0.15) is 61.8 Å². The Hall–Kier alpha value is -0.265. The third-order valence-corrected chi connectivity index (χ3v) is 3.00. The minimum Gasteiger partial charge on any atom is -0.312 e. The molecule has 99 valence electrons. The van der Waals surface area contributed by atoms with Crippen molar-refractivity contribution >= 4 is 13.0 Å². The van der Waals surface area contributed by atoms with E-state index in [1.54, 1.807) is 0 Å². The molecule has 0 bridgehead atoms. The lowest BCUT2D eigenvalue weighted by atomic mass is 9.56. The Morgan fingerprint density at radius 2 is 1.53 bits per heavy atom. The van der Waals surface area contributed by atoms with Crippen molar-refractivity contribution in [3.05, 3.63) is 0 Å². The predicted octanol–water partition coefficient (Wildman–Crippen LogP) is 4.39. The smallest absolute Gasteiger partial charge is 0.202 e. The topological polar surface area (TPSA) is 17.1 Å². The lowest BCUT2D eigenvalue weighted by molar-refractivity contribution is -0.119. The highest BCUT2D eigenvalue weighted by atomic mass is 16.1. The van der Waals surface area contributed by atoms with Gasteiger partial charge in [-0.3, -0.25) is 0 Å². The summed E-state index contributed by atoms with van der Waals surface area (Å²) >= 11 is 0. The van der Waals surface area contributed by atoms with Crippen LogP contribution < -0.4 is 0 Å². The number of carbonyl (C=O) groups is 1. The quantitative estimate of drug-likeness (QED) is 0.648. The van der Waals surface area contributed by atoms with Crippen LogP contribution >= 0.6 is 0 Å². The van der Waals surface area contributed by atoms with Gasteiger partial charge in [0.05, 0.1) is 5.68 Å². The van der Waals surface area contributed by atoms with Crippen molar-refractivity contribution in [1.82, 2.24) is 0 Å². The van der Waals surface area contributed by atoms with E-state index >= 15 is 0 Å². The number of carbonyl (C=O) groups excluding carboxylic acids is 1. The second-order valence-corrected chi connectivity index (χ2v) is 7.92. The molecule has 1 unspecified atom stereocenters. The number of hydrogen-bond acceptors (Lipinski definition) is 1. The van der Waals surface area contributed by atoms with Crippen LogP contribution in [0.25, 0.3) is 0 Å². The molecule has 2 heteroatoms. The van der Waals surface area contributed by atoms with E-state index in [-0.39, 0.29) is 16.7 Å². The van der Waals surface area contributed by atoms with E-state index < -0.39 is 0 Å². The number of rotatable bonds is 5. The van der Waals surface area contributed by atoms with Gasteiger partial charge in [0.25, 0.3) is 0 Å². The molecule has 0 spiro atoms. The molecular weight excluding hydrogens is 207 g/mol. The maximum atomic E-state index is 12.3. The molecule has 0 heterocycles. The lowest BCUT2D eigenvalue weighted by Gasteiger charge is -2.35. The van der Waals surface area contributed by atoms with Gasteiger partial charge in [0.1, 0.15) is 0 Å². The highest BCUT2D eigenvalue weighted by Gasteiger charge is 2.33. The molecule has 0 N–H and O–H groups in total. The summed E-state index contributed by atoms with van der Waals surface area (Å²) in [7, 11) is 1.91. The van der Waals surface area contributed by atoms with Gasteiger partial charge >= 0.3 is 0 Å². The normalized spacial score (nSPS) is 14.9. The van der Waals surface area contributed by atoms with Gasteiger partial charge < -0.3 is 4.79 Å². The van der Waals surface area contributed by atoms with Crippen molar-refractivity contribution in [3.8, 4) is 0 Å². The van der Waals surface area contributed by atoms with Crippen LogP contribution in [0.4, 0.5) is 0 Å². The molecule has 0 fully saturated rings. The van der Waals surface area contributed by atoms with E-state index in [1.165, 1.54) is 0 Å². The van der Waals surface area contributed by atoms with Crippen LogP contribution in [-0.4, -0.2) is 13.0 Å². The van der Waals surface area contributed by atoms with E-state index in [9.17, 15) is 4.79 Å². The lowest BCUT2D eigenvalue weighted by Crippen LogP contribution is -2.35. The standard InChI is InChI=1S/C15H30BO/c1-11(2)10-16-13(17)12(15(6,7)8)9-14(3,4)5/h11-12H,9-10H2,1-8H3. The zero-order valence-corrected chi connectivity index (χ0v) is 13.1. The van der Waals surface area contributed by atoms with Crippen molar-refractivity contribution in [1.29, 1.82) is 0 Å². The van der Waals surface area contributed by atoms with Gasteiger partial charge in [-0.2, -0.15) is 0 Å². The zero-order valence-electron chi connectivity index (χ0n) is 13.1. The summed E-state index contributed by atoms with van der Waals surface area (Å²) in [5, 5.41) is 0. The SMILES string of the molecule is CC(C)C[B]C(=O)C(CC(C)(C)C)C(C)(C)C. The second kappa shape index (κ2) is 6.06. The maximum Gasteiger partial charge on any atom is 0.202 e. The van der Waals surface area contributed by atoms with Crippen molar-refractivity contribution in [3.63, 3.8) is 0 Å². The Labute approximate surface area is 109 Å². The van der Waals surface area contributed by atoms with Crippen LogP contribution in [0.3, 0.4) is 0 Å². The molecular formula is C15H30BO. The zero-order chi connectivity index (χ0) is 13.9. The predicted molar refractivity (Wildman–Crippen MR) is 77.4 cm³/mol. The molecule has 0 amide bonds. The molecule has 0 aromatic carbocycles. The Kier molecular flexibility index (Phi) is 5.97. The Balaban J connectivity index is 4.65. The fourth-order valence-electron chi connectivity index (χ4n) is 1.94. The largest absolute Gasteiger partial charge is 0.312 e. The highest BCUT2D eigenvalue weighted by Crippen LogP contribution is 2.36. The average Bonchev–Trinajstić information content (AvgIpc) is 2.07. The van der Waals surface area contributed by atoms with Crippen LogP contribution in [-0.2, 0) is 4.79 Å². The fraction of sp³-hybridized carbons (Fsp3) is 0.933. The summed E-state index contributed by atoms with van der Waals surface area (Å²) < 4.78 is 0. The first kappa shape index (κ1) is 16.7. The maximum absolute atomic E-state index is 12.3. The summed E-state index contributed by atoms with van der Waals surface area (Å²) in [6.07, 6.45) is 1.86. The summed E-state index contributed by atoms with van der Waals surface area (Å²) in [5.41, 5.74) is 0.595. The van der Waals surface area contributed by atoms with E-state index in [2.05, 4.69) is 55.4 Å². The van der Waals surface area contributed by atoms with Crippen LogP contribution in [0.5, 0.6) is 0 Å². The molecule has 0 rings (SSSR count). The summed E-state index contributed by atoms with van der Waals surface area (Å²) in [6, 6.07) is 0. The fourth-order valence-corrected chi connectivity index (χ4v) is 1.94. The van der Waals surface area contributed by atoms with Crippen LogP contribution in [0.2, 0.25) is 6.32 Å². The summed E-state index contributed by atoms with van der Waals surface area (Å²) in [4.78, 5) is 12.3. The van der Waals surface area contributed by atoms with Gasteiger partial charge in [-0.05, 0) is 17.3 Å². The van der Waals surface area contributed by atoms with Crippen LogP contribution in [0, 0.1) is 22.7 Å². The first-order valence-electron chi connectivity index (χ1n) is 6.80. The molecule has 1 atom stereocenters. The van der Waals surface area contributed by atoms with E-state index in [0.29, 0.717) is 11.6 Å². The molecule has 0 aliphatic carbocycles. The van der Waals surface area contributed by atoms with Gasteiger partial charge in [0, 0.05) is 5.92 Å². The molecule has 0 saturated heterocycles. The van der Waals surface area contributed by atoms with E-state index in [4.69, 9.17) is 0 Å². The first-order chi connectivity index (χ1) is 7.43. The minimum absolute atomic E-state index is 0.0534. The molecule has 0 aromatic rings. The third-order valence-electron chi connectivity index (χ3n) is 3.00. The molecule has 1 radical (unpaired) electrons. The van der Waals surface area contributed by atoms with Crippen molar-refractivity contribution < 1.29 is 4.79 Å². The van der Waals surface area contributed by atoms with Gasteiger partial charge in [-0.15, -0.1) is 0 Å². The average molecular weight is 237 g/mol.